The highest BCUT2D eigenvalue weighted by Gasteiger charge is 2.25. The topological polar surface area (TPSA) is 76.9 Å². The summed E-state index contributed by atoms with van der Waals surface area (Å²) in [6, 6.07) is 8.15. The van der Waals surface area contributed by atoms with Crippen molar-refractivity contribution in [3.63, 3.8) is 0 Å². The highest BCUT2D eigenvalue weighted by atomic mass is 16.5. The van der Waals surface area contributed by atoms with E-state index >= 15 is 0 Å². The standard InChI is InChI=1S/C19H26N6O/c1-19(2,3)16(24-13-7-6-8-14(9-13)26-5)11-20-17-15-10-23-25(4)18(15)22-12-21-17/h6-10,12,16,24H,11H2,1-5H3,(H,20,21,22)/t16-/m1/s1. The smallest absolute Gasteiger partial charge is 0.163 e. The summed E-state index contributed by atoms with van der Waals surface area (Å²) in [4.78, 5) is 8.67. The molecule has 7 nitrogen and oxygen atoms in total. The molecule has 0 aliphatic rings. The number of rotatable bonds is 6. The highest BCUT2D eigenvalue weighted by molar-refractivity contribution is 5.85. The van der Waals surface area contributed by atoms with Gasteiger partial charge in [0.25, 0.3) is 0 Å². The minimum atomic E-state index is 0.0388. The fourth-order valence-corrected chi connectivity index (χ4v) is 2.79. The van der Waals surface area contributed by atoms with E-state index < -0.39 is 0 Å². The number of aryl methyl sites for hydroxylation is 1. The van der Waals surface area contributed by atoms with Crippen molar-refractivity contribution in [2.75, 3.05) is 24.3 Å². The Morgan fingerprint density at radius 2 is 2.04 bits per heavy atom. The number of aromatic nitrogens is 4. The van der Waals surface area contributed by atoms with E-state index in [-0.39, 0.29) is 11.5 Å². The van der Waals surface area contributed by atoms with Crippen LogP contribution in [0.25, 0.3) is 11.0 Å². The van der Waals surface area contributed by atoms with Gasteiger partial charge in [0.05, 0.1) is 18.7 Å². The molecule has 1 atom stereocenters. The molecule has 0 fully saturated rings. The van der Waals surface area contributed by atoms with Crippen LogP contribution in [0.4, 0.5) is 11.5 Å². The number of nitrogens with one attached hydrogen (secondary N) is 2. The van der Waals surface area contributed by atoms with E-state index in [9.17, 15) is 0 Å². The lowest BCUT2D eigenvalue weighted by Crippen LogP contribution is -2.40. The van der Waals surface area contributed by atoms with Crippen molar-refractivity contribution in [3.05, 3.63) is 36.8 Å². The molecule has 26 heavy (non-hydrogen) atoms. The van der Waals surface area contributed by atoms with Crippen molar-refractivity contribution < 1.29 is 4.74 Å². The summed E-state index contributed by atoms with van der Waals surface area (Å²) in [5.41, 5.74) is 1.88. The number of hydrogen-bond acceptors (Lipinski definition) is 6. The normalized spacial score (nSPS) is 12.8. The molecule has 1 aromatic carbocycles. The molecule has 3 rings (SSSR count). The van der Waals surface area contributed by atoms with Crippen LogP contribution in [0.5, 0.6) is 5.75 Å². The third-order valence-electron chi connectivity index (χ3n) is 4.46. The first-order valence-corrected chi connectivity index (χ1v) is 8.65. The van der Waals surface area contributed by atoms with Crippen molar-refractivity contribution in [2.24, 2.45) is 12.5 Å². The lowest BCUT2D eigenvalue weighted by atomic mass is 9.86. The summed E-state index contributed by atoms with van der Waals surface area (Å²) in [6.07, 6.45) is 3.35. The molecule has 2 aromatic heterocycles. The number of fused-ring (bicyclic) bond motifs is 1. The quantitative estimate of drug-likeness (QED) is 0.707. The number of benzene rings is 1. The SMILES string of the molecule is COc1cccc(N[C@H](CNc2ncnc3c2cnn3C)C(C)(C)C)c1. The Morgan fingerprint density at radius 3 is 2.77 bits per heavy atom. The molecule has 0 bridgehead atoms. The maximum atomic E-state index is 5.32. The number of ether oxygens (including phenoxy) is 1. The molecule has 0 unspecified atom stereocenters. The van der Waals surface area contributed by atoms with Crippen LogP contribution in [0, 0.1) is 5.41 Å². The van der Waals surface area contributed by atoms with Crippen LogP contribution in [-0.2, 0) is 7.05 Å². The van der Waals surface area contributed by atoms with Crippen LogP contribution in [0.1, 0.15) is 20.8 Å². The van der Waals surface area contributed by atoms with Gasteiger partial charge in [0.2, 0.25) is 0 Å². The Hall–Kier alpha value is -2.83. The maximum Gasteiger partial charge on any atom is 0.163 e. The van der Waals surface area contributed by atoms with Crippen molar-refractivity contribution in [1.82, 2.24) is 19.7 Å². The molecule has 138 valence electrons. The fourth-order valence-electron chi connectivity index (χ4n) is 2.79. The minimum absolute atomic E-state index is 0.0388. The Balaban J connectivity index is 1.78. The third kappa shape index (κ3) is 3.87. The van der Waals surface area contributed by atoms with Crippen LogP contribution < -0.4 is 15.4 Å². The molecule has 0 radical (unpaired) electrons. The van der Waals surface area contributed by atoms with Crippen LogP contribution >= 0.6 is 0 Å². The first-order chi connectivity index (χ1) is 12.4. The van der Waals surface area contributed by atoms with E-state index in [0.717, 1.165) is 28.3 Å². The second-order valence-electron chi connectivity index (χ2n) is 7.40. The second-order valence-corrected chi connectivity index (χ2v) is 7.40. The summed E-state index contributed by atoms with van der Waals surface area (Å²) in [7, 11) is 3.55. The minimum Gasteiger partial charge on any atom is -0.497 e. The van der Waals surface area contributed by atoms with E-state index in [1.54, 1.807) is 24.3 Å². The predicted molar refractivity (Wildman–Crippen MR) is 105 cm³/mol. The fraction of sp³-hybridized carbons (Fsp3) is 0.421. The average Bonchev–Trinajstić information content (AvgIpc) is 3.00. The average molecular weight is 354 g/mol. The van der Waals surface area contributed by atoms with Crippen molar-refractivity contribution in [1.29, 1.82) is 0 Å². The Labute approximate surface area is 153 Å². The lowest BCUT2D eigenvalue weighted by Gasteiger charge is -2.33. The molecule has 0 saturated carbocycles. The zero-order valence-corrected chi connectivity index (χ0v) is 15.9. The molecular weight excluding hydrogens is 328 g/mol. The van der Waals surface area contributed by atoms with Gasteiger partial charge >= 0.3 is 0 Å². The van der Waals surface area contributed by atoms with Crippen molar-refractivity contribution >= 4 is 22.5 Å². The summed E-state index contributed by atoms with van der Waals surface area (Å²) >= 11 is 0. The monoisotopic (exact) mass is 354 g/mol. The molecule has 2 N–H and O–H groups in total. The van der Waals surface area contributed by atoms with Gasteiger partial charge in [-0.25, -0.2) is 9.97 Å². The molecule has 7 heteroatoms. The first kappa shape index (κ1) is 18.0. The van der Waals surface area contributed by atoms with Crippen molar-refractivity contribution in [3.8, 4) is 5.75 Å². The third-order valence-corrected chi connectivity index (χ3v) is 4.46. The Bertz CT molecular complexity index is 883. The molecule has 0 aliphatic heterocycles. The molecule has 2 heterocycles. The summed E-state index contributed by atoms with van der Waals surface area (Å²) in [5.74, 6) is 1.63. The number of anilines is 2. The molecule has 0 spiro atoms. The van der Waals surface area contributed by atoms with Crippen LogP contribution in [0.15, 0.2) is 36.8 Å². The van der Waals surface area contributed by atoms with Gasteiger partial charge in [0.15, 0.2) is 5.65 Å². The number of hydrogen-bond donors (Lipinski definition) is 2. The molecule has 0 saturated heterocycles. The van der Waals surface area contributed by atoms with Gasteiger partial charge in [-0.15, -0.1) is 0 Å². The lowest BCUT2D eigenvalue weighted by molar-refractivity contribution is 0.350. The van der Waals surface area contributed by atoms with E-state index in [1.165, 1.54) is 0 Å². The molecular formula is C19H26N6O. The predicted octanol–water partition coefficient (Wildman–Crippen LogP) is 3.31. The zero-order chi connectivity index (χ0) is 18.7. The Morgan fingerprint density at radius 1 is 1.23 bits per heavy atom. The van der Waals surface area contributed by atoms with E-state index in [4.69, 9.17) is 4.74 Å². The van der Waals surface area contributed by atoms with Gasteiger partial charge in [-0.3, -0.25) is 4.68 Å². The molecule has 3 aromatic rings. The van der Waals surface area contributed by atoms with Gasteiger partial charge in [0, 0.05) is 31.4 Å². The van der Waals surface area contributed by atoms with Gasteiger partial charge < -0.3 is 15.4 Å². The van der Waals surface area contributed by atoms with E-state index in [2.05, 4.69) is 46.5 Å². The maximum absolute atomic E-state index is 5.32. The summed E-state index contributed by atoms with van der Waals surface area (Å²) in [6.45, 7) is 7.35. The zero-order valence-electron chi connectivity index (χ0n) is 15.9. The second kappa shape index (κ2) is 7.19. The number of nitrogens with zero attached hydrogens (tertiary/aromatic N) is 4. The van der Waals surface area contributed by atoms with Crippen LogP contribution in [0.3, 0.4) is 0 Å². The Kier molecular flexibility index (Phi) is 4.97. The van der Waals surface area contributed by atoms with Gasteiger partial charge in [0.1, 0.15) is 17.9 Å². The van der Waals surface area contributed by atoms with Crippen molar-refractivity contribution in [2.45, 2.75) is 26.8 Å². The molecule has 0 aliphatic carbocycles. The first-order valence-electron chi connectivity index (χ1n) is 8.65. The molecule has 0 amide bonds. The highest BCUT2D eigenvalue weighted by Crippen LogP contribution is 2.26. The number of methoxy groups -OCH3 is 1. The van der Waals surface area contributed by atoms with Crippen LogP contribution in [0.2, 0.25) is 0 Å². The van der Waals surface area contributed by atoms with E-state index in [0.29, 0.717) is 6.54 Å². The summed E-state index contributed by atoms with van der Waals surface area (Å²) < 4.78 is 7.07. The largest absolute Gasteiger partial charge is 0.497 e. The van der Waals surface area contributed by atoms with Crippen LogP contribution in [-0.4, -0.2) is 39.4 Å². The van der Waals surface area contributed by atoms with Gasteiger partial charge in [-0.05, 0) is 17.5 Å². The van der Waals surface area contributed by atoms with Gasteiger partial charge in [-0.1, -0.05) is 26.8 Å². The van der Waals surface area contributed by atoms with Gasteiger partial charge in [-0.2, -0.15) is 5.10 Å². The summed E-state index contributed by atoms with van der Waals surface area (Å²) in [5, 5.41) is 12.3. The van der Waals surface area contributed by atoms with E-state index in [1.807, 2.05) is 31.3 Å².